The molecular formula is C13H19FN2O3S. The molecule has 0 amide bonds. The van der Waals surface area contributed by atoms with Gasteiger partial charge in [0.05, 0.1) is 16.2 Å². The van der Waals surface area contributed by atoms with Crippen molar-refractivity contribution < 1.29 is 17.5 Å². The molecule has 1 aromatic carbocycles. The van der Waals surface area contributed by atoms with Gasteiger partial charge >= 0.3 is 0 Å². The molecule has 0 aliphatic carbocycles. The first kappa shape index (κ1) is 15.2. The summed E-state index contributed by atoms with van der Waals surface area (Å²) >= 11 is 0. The Morgan fingerprint density at radius 1 is 1.45 bits per heavy atom. The maximum absolute atomic E-state index is 13.9. The highest BCUT2D eigenvalue weighted by Crippen LogP contribution is 2.27. The fraction of sp³-hybridized carbons (Fsp3) is 0.538. The number of hydrogen-bond acceptors (Lipinski definition) is 4. The third-order valence-corrected chi connectivity index (χ3v) is 4.24. The van der Waals surface area contributed by atoms with E-state index < -0.39 is 15.8 Å². The van der Waals surface area contributed by atoms with Crippen LogP contribution in [0.15, 0.2) is 23.1 Å². The lowest BCUT2D eigenvalue weighted by atomic mass is 9.94. The van der Waals surface area contributed by atoms with Crippen LogP contribution in [-0.2, 0) is 14.8 Å². The second-order valence-corrected chi connectivity index (χ2v) is 7.19. The molecule has 5 nitrogen and oxygen atoms in total. The molecule has 1 aromatic rings. The molecule has 1 atom stereocenters. The van der Waals surface area contributed by atoms with E-state index >= 15 is 0 Å². The second-order valence-electron chi connectivity index (χ2n) is 5.63. The van der Waals surface area contributed by atoms with Crippen LogP contribution in [0.2, 0.25) is 0 Å². The largest absolute Gasteiger partial charge is 0.380 e. The number of benzene rings is 1. The minimum absolute atomic E-state index is 0.0913. The van der Waals surface area contributed by atoms with Crippen molar-refractivity contribution in [2.45, 2.75) is 43.2 Å². The van der Waals surface area contributed by atoms with Crippen molar-refractivity contribution >= 4 is 15.7 Å². The van der Waals surface area contributed by atoms with Crippen molar-refractivity contribution in [2.24, 2.45) is 5.14 Å². The van der Waals surface area contributed by atoms with Gasteiger partial charge < -0.3 is 10.1 Å². The summed E-state index contributed by atoms with van der Waals surface area (Å²) in [6.45, 7) is 4.59. The van der Waals surface area contributed by atoms with E-state index in [1.54, 1.807) is 0 Å². The first-order valence-electron chi connectivity index (χ1n) is 6.40. The number of ether oxygens (including phenoxy) is 1. The Hall–Kier alpha value is -1.18. The van der Waals surface area contributed by atoms with Crippen LogP contribution in [0.1, 0.15) is 26.7 Å². The van der Waals surface area contributed by atoms with Gasteiger partial charge in [0, 0.05) is 12.6 Å². The van der Waals surface area contributed by atoms with Crippen molar-refractivity contribution in [3.05, 3.63) is 24.0 Å². The number of primary sulfonamides is 1. The average molecular weight is 302 g/mol. The summed E-state index contributed by atoms with van der Waals surface area (Å²) in [5, 5.41) is 8.06. The molecule has 1 saturated heterocycles. The molecule has 7 heteroatoms. The highest BCUT2D eigenvalue weighted by atomic mass is 32.2. The number of hydrogen-bond donors (Lipinski definition) is 2. The molecule has 3 N–H and O–H groups in total. The standard InChI is InChI=1S/C13H19FN2O3S/c1-13(2)8-9(5-6-19-13)16-12-4-3-10(7-11(12)14)20(15,17)18/h3-4,7,9,16H,5-6,8H2,1-2H3,(H2,15,17,18). The van der Waals surface area contributed by atoms with E-state index in [1.165, 1.54) is 12.1 Å². The fourth-order valence-electron chi connectivity index (χ4n) is 2.36. The maximum Gasteiger partial charge on any atom is 0.238 e. The maximum atomic E-state index is 13.9. The van der Waals surface area contributed by atoms with Crippen LogP contribution in [0, 0.1) is 5.82 Å². The van der Waals surface area contributed by atoms with E-state index in [9.17, 15) is 12.8 Å². The molecule has 0 saturated carbocycles. The van der Waals surface area contributed by atoms with Gasteiger partial charge in [-0.2, -0.15) is 0 Å². The summed E-state index contributed by atoms with van der Waals surface area (Å²) in [5.41, 5.74) is 0.0347. The van der Waals surface area contributed by atoms with E-state index in [0.717, 1.165) is 18.9 Å². The molecule has 0 spiro atoms. The quantitative estimate of drug-likeness (QED) is 0.892. The lowest BCUT2D eigenvalue weighted by Gasteiger charge is -2.36. The number of nitrogens with one attached hydrogen (secondary N) is 1. The van der Waals surface area contributed by atoms with Crippen molar-refractivity contribution in [1.29, 1.82) is 0 Å². The number of rotatable bonds is 3. The summed E-state index contributed by atoms with van der Waals surface area (Å²) in [5.74, 6) is -0.624. The summed E-state index contributed by atoms with van der Waals surface area (Å²) < 4.78 is 41.8. The lowest BCUT2D eigenvalue weighted by Crippen LogP contribution is -2.40. The Bertz CT molecular complexity index is 602. The number of anilines is 1. The van der Waals surface area contributed by atoms with E-state index in [2.05, 4.69) is 5.32 Å². The lowest BCUT2D eigenvalue weighted by molar-refractivity contribution is -0.0553. The Morgan fingerprint density at radius 3 is 2.70 bits per heavy atom. The van der Waals surface area contributed by atoms with E-state index in [0.29, 0.717) is 6.61 Å². The zero-order valence-corrected chi connectivity index (χ0v) is 12.3. The first-order chi connectivity index (χ1) is 9.17. The van der Waals surface area contributed by atoms with Gasteiger partial charge in [0.15, 0.2) is 0 Å². The van der Waals surface area contributed by atoms with Gasteiger partial charge in [-0.25, -0.2) is 17.9 Å². The molecule has 1 aliphatic rings. The molecule has 1 heterocycles. The molecule has 0 bridgehead atoms. The molecule has 0 aromatic heterocycles. The van der Waals surface area contributed by atoms with Crippen LogP contribution < -0.4 is 10.5 Å². The minimum atomic E-state index is -3.88. The molecule has 112 valence electrons. The summed E-state index contributed by atoms with van der Waals surface area (Å²) in [4.78, 5) is -0.229. The van der Waals surface area contributed by atoms with Crippen LogP contribution in [-0.4, -0.2) is 26.7 Å². The van der Waals surface area contributed by atoms with E-state index in [1.807, 2.05) is 13.8 Å². The molecule has 2 rings (SSSR count). The predicted octanol–water partition coefficient (Wildman–Crippen LogP) is 1.84. The van der Waals surface area contributed by atoms with Gasteiger partial charge in [0.25, 0.3) is 0 Å². The van der Waals surface area contributed by atoms with Crippen molar-refractivity contribution in [3.63, 3.8) is 0 Å². The topological polar surface area (TPSA) is 81.4 Å². The second kappa shape index (κ2) is 5.31. The van der Waals surface area contributed by atoms with Gasteiger partial charge in [-0.1, -0.05) is 0 Å². The number of nitrogens with two attached hydrogens (primary N) is 1. The summed E-state index contributed by atoms with van der Waals surface area (Å²) in [6.07, 6.45) is 1.53. The normalized spacial score (nSPS) is 22.5. The monoisotopic (exact) mass is 302 g/mol. The molecule has 20 heavy (non-hydrogen) atoms. The molecule has 1 unspecified atom stereocenters. The van der Waals surface area contributed by atoms with Crippen molar-refractivity contribution in [3.8, 4) is 0 Å². The third-order valence-electron chi connectivity index (χ3n) is 3.33. The van der Waals surface area contributed by atoms with Gasteiger partial charge in [-0.3, -0.25) is 0 Å². The van der Waals surface area contributed by atoms with Gasteiger partial charge in [0.1, 0.15) is 5.82 Å². The summed E-state index contributed by atoms with van der Waals surface area (Å²) in [7, 11) is -3.88. The number of halogens is 1. The van der Waals surface area contributed by atoms with Gasteiger partial charge in [0.2, 0.25) is 10.0 Å². The molecule has 0 radical (unpaired) electrons. The highest BCUT2D eigenvalue weighted by Gasteiger charge is 2.29. The Labute approximate surface area is 118 Å². The number of sulfonamides is 1. The zero-order chi connectivity index (χ0) is 15.0. The Kier molecular flexibility index (Phi) is 4.04. The Morgan fingerprint density at radius 2 is 2.15 bits per heavy atom. The highest BCUT2D eigenvalue weighted by molar-refractivity contribution is 7.89. The van der Waals surface area contributed by atoms with Crippen LogP contribution in [0.3, 0.4) is 0 Å². The predicted molar refractivity (Wildman–Crippen MR) is 74.4 cm³/mol. The van der Waals surface area contributed by atoms with Crippen molar-refractivity contribution in [1.82, 2.24) is 0 Å². The fourth-order valence-corrected chi connectivity index (χ4v) is 2.89. The third kappa shape index (κ3) is 3.68. The Balaban J connectivity index is 2.14. The van der Waals surface area contributed by atoms with E-state index in [-0.39, 0.29) is 22.2 Å². The molecule has 1 fully saturated rings. The van der Waals surface area contributed by atoms with Crippen LogP contribution in [0.5, 0.6) is 0 Å². The van der Waals surface area contributed by atoms with Crippen molar-refractivity contribution in [2.75, 3.05) is 11.9 Å². The van der Waals surface area contributed by atoms with E-state index in [4.69, 9.17) is 9.88 Å². The molecule has 1 aliphatic heterocycles. The smallest absolute Gasteiger partial charge is 0.238 e. The average Bonchev–Trinajstić information content (AvgIpc) is 2.29. The first-order valence-corrected chi connectivity index (χ1v) is 7.95. The van der Waals surface area contributed by atoms with Gasteiger partial charge in [-0.15, -0.1) is 0 Å². The molecular weight excluding hydrogens is 283 g/mol. The van der Waals surface area contributed by atoms with Crippen LogP contribution >= 0.6 is 0 Å². The van der Waals surface area contributed by atoms with Gasteiger partial charge in [-0.05, 0) is 44.9 Å². The van der Waals surface area contributed by atoms with Crippen LogP contribution in [0.4, 0.5) is 10.1 Å². The minimum Gasteiger partial charge on any atom is -0.380 e. The summed E-state index contributed by atoms with van der Waals surface area (Å²) in [6, 6.07) is 3.72. The van der Waals surface area contributed by atoms with Crippen LogP contribution in [0.25, 0.3) is 0 Å². The zero-order valence-electron chi connectivity index (χ0n) is 11.5. The SMILES string of the molecule is CC1(C)CC(Nc2ccc(S(N)(=O)=O)cc2F)CCO1.